The van der Waals surface area contributed by atoms with Gasteiger partial charge in [0.25, 0.3) is 5.56 Å². The molecule has 0 radical (unpaired) electrons. The predicted octanol–water partition coefficient (Wildman–Crippen LogP) is 6.48. The molecule has 0 spiro atoms. The Hall–Kier alpha value is -2.83. The topological polar surface area (TPSA) is 54.9 Å². The van der Waals surface area contributed by atoms with E-state index in [-0.39, 0.29) is 23.7 Å². The maximum absolute atomic E-state index is 14.7. The lowest BCUT2D eigenvalue weighted by molar-refractivity contribution is 0.101. The van der Waals surface area contributed by atoms with Gasteiger partial charge in [-0.2, -0.15) is 11.8 Å². The molecule has 1 N–H and O–H groups in total. The van der Waals surface area contributed by atoms with Crippen LogP contribution in [-0.4, -0.2) is 26.3 Å². The number of fused-ring (bicyclic) bond motifs is 1. The summed E-state index contributed by atoms with van der Waals surface area (Å²) in [6.07, 6.45) is 4.49. The fraction of sp³-hybridized carbons (Fsp3) is 0.259. The summed E-state index contributed by atoms with van der Waals surface area (Å²) in [6.45, 7) is 2.24. The van der Waals surface area contributed by atoms with E-state index in [1.807, 2.05) is 22.8 Å². The lowest BCUT2D eigenvalue weighted by Gasteiger charge is -2.13. The Labute approximate surface area is 206 Å². The first kappa shape index (κ1) is 22.9. The summed E-state index contributed by atoms with van der Waals surface area (Å²) in [5.41, 5.74) is 3.36. The van der Waals surface area contributed by atoms with E-state index in [4.69, 9.17) is 11.6 Å². The number of benzene rings is 2. The summed E-state index contributed by atoms with van der Waals surface area (Å²) in [6, 6.07) is 14.2. The minimum Gasteiger partial charge on any atom is -0.333 e. The van der Waals surface area contributed by atoms with Crippen LogP contribution in [0.5, 0.6) is 0 Å². The lowest BCUT2D eigenvalue weighted by atomic mass is 10.00. The summed E-state index contributed by atoms with van der Waals surface area (Å²) in [5.74, 6) is -0.0935. The number of hydrogen-bond acceptors (Lipinski definition) is 3. The van der Waals surface area contributed by atoms with Gasteiger partial charge in [0.2, 0.25) is 0 Å². The first-order valence-electron chi connectivity index (χ1n) is 11.4. The van der Waals surface area contributed by atoms with Gasteiger partial charge in [-0.05, 0) is 49.1 Å². The van der Waals surface area contributed by atoms with E-state index in [1.165, 1.54) is 12.3 Å². The van der Waals surface area contributed by atoms with Crippen molar-refractivity contribution in [2.24, 2.45) is 0 Å². The number of pyridine rings is 1. The molecule has 1 aliphatic carbocycles. The molecule has 0 atom stereocenters. The lowest BCUT2D eigenvalue weighted by Crippen LogP contribution is -2.16. The molecule has 0 unspecified atom stereocenters. The van der Waals surface area contributed by atoms with Crippen LogP contribution in [0, 0.1) is 5.82 Å². The smallest absolute Gasteiger partial charge is 0.256 e. The second kappa shape index (κ2) is 9.43. The summed E-state index contributed by atoms with van der Waals surface area (Å²) in [5, 5.41) is 1.68. The average Bonchev–Trinajstić information content (AvgIpc) is 3.62. The van der Waals surface area contributed by atoms with Crippen molar-refractivity contribution < 1.29 is 9.18 Å². The van der Waals surface area contributed by atoms with Crippen LogP contribution in [0.4, 0.5) is 4.39 Å². The van der Waals surface area contributed by atoms with Crippen molar-refractivity contribution in [2.45, 2.75) is 38.0 Å². The van der Waals surface area contributed by atoms with Crippen LogP contribution < -0.4 is 5.56 Å². The van der Waals surface area contributed by atoms with E-state index in [1.54, 1.807) is 36.0 Å². The first-order valence-corrected chi connectivity index (χ1v) is 12.8. The molecular formula is C27H24ClFN2O2S. The summed E-state index contributed by atoms with van der Waals surface area (Å²) < 4.78 is 16.5. The van der Waals surface area contributed by atoms with Crippen molar-refractivity contribution in [3.05, 3.63) is 92.7 Å². The molecule has 5 rings (SSSR count). The molecule has 4 nitrogen and oxygen atoms in total. The van der Waals surface area contributed by atoms with Gasteiger partial charge >= 0.3 is 0 Å². The van der Waals surface area contributed by atoms with E-state index in [0.29, 0.717) is 38.4 Å². The maximum atomic E-state index is 14.7. The third-order valence-corrected chi connectivity index (χ3v) is 7.79. The first-order chi connectivity index (χ1) is 16.5. The zero-order chi connectivity index (χ0) is 23.8. The highest BCUT2D eigenvalue weighted by Gasteiger charge is 2.29. The molecule has 0 bridgehead atoms. The Morgan fingerprint density at radius 2 is 2.00 bits per heavy atom. The quantitative estimate of drug-likeness (QED) is 0.285. The van der Waals surface area contributed by atoms with Crippen LogP contribution >= 0.6 is 23.4 Å². The standard InChI is InChI=1S/C27H24ClFN2O2S/c1-2-16-7-10-23-20(11-16)25(21-12-18(28)13-30-27(21)33)26(24(32)15-34-19-8-9-19)31(23)14-17-5-3-4-6-22(17)29/h3-7,10-13,19H,2,8-9,14-15H2,1H3,(H,30,33). The number of ketones is 1. The summed E-state index contributed by atoms with van der Waals surface area (Å²) in [4.78, 5) is 29.3. The second-order valence-corrected chi connectivity index (χ2v) is 10.3. The van der Waals surface area contributed by atoms with Gasteiger partial charge < -0.3 is 9.55 Å². The molecule has 0 amide bonds. The van der Waals surface area contributed by atoms with Crippen LogP contribution in [-0.2, 0) is 13.0 Å². The highest BCUT2D eigenvalue weighted by molar-refractivity contribution is 8.00. The molecule has 174 valence electrons. The third-order valence-electron chi connectivity index (χ3n) is 6.20. The number of aromatic amines is 1. The fourth-order valence-corrected chi connectivity index (χ4v) is 5.44. The highest BCUT2D eigenvalue weighted by Crippen LogP contribution is 2.38. The summed E-state index contributed by atoms with van der Waals surface area (Å²) >= 11 is 7.90. The molecule has 0 saturated heterocycles. The van der Waals surface area contributed by atoms with E-state index >= 15 is 0 Å². The van der Waals surface area contributed by atoms with Gasteiger partial charge in [-0.3, -0.25) is 9.59 Å². The van der Waals surface area contributed by atoms with Gasteiger partial charge in [-0.15, -0.1) is 0 Å². The molecule has 4 aromatic rings. The number of aromatic nitrogens is 2. The highest BCUT2D eigenvalue weighted by atomic mass is 35.5. The van der Waals surface area contributed by atoms with Gasteiger partial charge in [0.05, 0.1) is 28.6 Å². The molecule has 7 heteroatoms. The largest absolute Gasteiger partial charge is 0.333 e. The van der Waals surface area contributed by atoms with Gasteiger partial charge in [-0.25, -0.2) is 4.39 Å². The maximum Gasteiger partial charge on any atom is 0.256 e. The molecule has 1 aliphatic rings. The van der Waals surface area contributed by atoms with E-state index in [0.717, 1.165) is 35.7 Å². The summed E-state index contributed by atoms with van der Waals surface area (Å²) in [7, 11) is 0. The molecule has 1 fully saturated rings. The Balaban J connectivity index is 1.80. The molecular weight excluding hydrogens is 471 g/mol. The van der Waals surface area contributed by atoms with Crippen molar-refractivity contribution in [1.29, 1.82) is 0 Å². The van der Waals surface area contributed by atoms with Crippen LogP contribution in [0.1, 0.15) is 41.4 Å². The number of halogens is 2. The van der Waals surface area contributed by atoms with Crippen LogP contribution in [0.3, 0.4) is 0 Å². The Morgan fingerprint density at radius 3 is 2.74 bits per heavy atom. The number of aryl methyl sites for hydroxylation is 1. The number of carbonyl (C=O) groups is 1. The molecule has 1 saturated carbocycles. The zero-order valence-corrected chi connectivity index (χ0v) is 20.3. The molecule has 2 aromatic heterocycles. The SMILES string of the molecule is CCc1ccc2c(c1)c(-c1cc(Cl)c[nH]c1=O)c(C(=O)CSC1CC1)n2Cc1ccccc1F. The van der Waals surface area contributed by atoms with Crippen LogP contribution in [0.2, 0.25) is 5.02 Å². The Kier molecular flexibility index (Phi) is 6.36. The van der Waals surface area contributed by atoms with Crippen molar-refractivity contribution in [3.63, 3.8) is 0 Å². The van der Waals surface area contributed by atoms with E-state index in [9.17, 15) is 14.0 Å². The predicted molar refractivity (Wildman–Crippen MR) is 138 cm³/mol. The molecule has 2 aromatic carbocycles. The monoisotopic (exact) mass is 494 g/mol. The minimum absolute atomic E-state index is 0.0723. The van der Waals surface area contributed by atoms with E-state index < -0.39 is 0 Å². The fourth-order valence-electron chi connectivity index (χ4n) is 4.29. The van der Waals surface area contributed by atoms with Crippen molar-refractivity contribution >= 4 is 40.0 Å². The van der Waals surface area contributed by atoms with Crippen LogP contribution in [0.25, 0.3) is 22.0 Å². The van der Waals surface area contributed by atoms with Gasteiger partial charge in [0.15, 0.2) is 5.78 Å². The molecule has 0 aliphatic heterocycles. The number of nitrogens with one attached hydrogen (secondary N) is 1. The Morgan fingerprint density at radius 1 is 1.21 bits per heavy atom. The second-order valence-electron chi connectivity index (χ2n) is 8.60. The zero-order valence-electron chi connectivity index (χ0n) is 18.7. The van der Waals surface area contributed by atoms with E-state index in [2.05, 4.69) is 11.9 Å². The van der Waals surface area contributed by atoms with Crippen LogP contribution in [0.15, 0.2) is 59.5 Å². The minimum atomic E-state index is -0.331. The number of hydrogen-bond donors (Lipinski definition) is 1. The molecule has 34 heavy (non-hydrogen) atoms. The van der Waals surface area contributed by atoms with Gasteiger partial charge in [-0.1, -0.05) is 42.8 Å². The number of carbonyl (C=O) groups excluding carboxylic acids is 1. The third kappa shape index (κ3) is 4.44. The number of nitrogens with zero attached hydrogens (tertiary/aromatic N) is 1. The number of rotatable bonds is 8. The number of Topliss-reactive ketones (excluding diaryl/α,β-unsaturated/α-hetero) is 1. The average molecular weight is 495 g/mol. The normalized spacial score (nSPS) is 13.5. The Bertz CT molecular complexity index is 1460. The molecule has 2 heterocycles. The van der Waals surface area contributed by atoms with Crippen molar-refractivity contribution in [3.8, 4) is 11.1 Å². The van der Waals surface area contributed by atoms with Gasteiger partial charge in [0.1, 0.15) is 5.82 Å². The van der Waals surface area contributed by atoms with Gasteiger partial charge in [0, 0.05) is 33.5 Å². The van der Waals surface area contributed by atoms with Crippen molar-refractivity contribution in [2.75, 3.05) is 5.75 Å². The number of thioether (sulfide) groups is 1. The van der Waals surface area contributed by atoms with Crippen molar-refractivity contribution in [1.82, 2.24) is 9.55 Å². The number of H-pyrrole nitrogens is 1.